The Balaban J connectivity index is 1.35. The minimum Gasteiger partial charge on any atom is -0.205 e. The molecule has 4 heteroatoms. The summed E-state index contributed by atoms with van der Waals surface area (Å²) in [5.74, 6) is 4.71. The summed E-state index contributed by atoms with van der Waals surface area (Å²) in [4.78, 5) is 0. The fourth-order valence-electron chi connectivity index (χ4n) is 6.94. The van der Waals surface area contributed by atoms with Crippen LogP contribution in [0.2, 0.25) is 0 Å². The smallest absolute Gasteiger partial charge is 0.169 e. The molecule has 0 fully saturated rings. The van der Waals surface area contributed by atoms with Crippen LogP contribution in [-0.2, 0) is 24.6 Å². The fraction of sp³-hybridized carbons (Fsp3) is 0.783. The highest BCUT2D eigenvalue weighted by molar-refractivity contribution is 8.02. The van der Waals surface area contributed by atoms with Gasteiger partial charge in [0.15, 0.2) is 24.8 Å². The molecule has 2 aromatic rings. The molecule has 0 aromatic carbocycles. The average Bonchev–Trinajstić information content (AvgIpc) is 3.14. The van der Waals surface area contributed by atoms with Crippen LogP contribution in [0, 0.1) is 0 Å². The number of aryl methyl sites for hydroxylation is 2. The normalized spacial score (nSPS) is 11.5. The summed E-state index contributed by atoms with van der Waals surface area (Å²) in [5, 5.41) is 0. The third kappa shape index (κ3) is 27.6. The third-order valence-corrected chi connectivity index (χ3v) is 12.7. The zero-order valence-corrected chi connectivity index (χ0v) is 35.0. The fourth-order valence-corrected chi connectivity index (χ4v) is 9.03. The average molecular weight is 727 g/mol. The van der Waals surface area contributed by atoms with E-state index in [1.165, 1.54) is 216 Å². The molecule has 0 amide bonds. The number of hydrogen-bond acceptors (Lipinski definition) is 2. The molecule has 2 nitrogen and oxygen atoms in total. The highest BCUT2D eigenvalue weighted by Crippen LogP contribution is 2.17. The second-order valence-electron chi connectivity index (χ2n) is 15.2. The second kappa shape index (κ2) is 35.1. The monoisotopic (exact) mass is 727 g/mol. The van der Waals surface area contributed by atoms with Gasteiger partial charge in [0, 0.05) is 60.1 Å². The van der Waals surface area contributed by atoms with Crippen molar-refractivity contribution in [2.45, 2.75) is 218 Å². The van der Waals surface area contributed by atoms with Crippen molar-refractivity contribution in [3.8, 4) is 0 Å². The van der Waals surface area contributed by atoms with Gasteiger partial charge in [0.1, 0.15) is 13.1 Å². The molecule has 50 heavy (non-hydrogen) atoms. The Morgan fingerprint density at radius 1 is 0.340 bits per heavy atom. The van der Waals surface area contributed by atoms with E-state index in [1.807, 2.05) is 0 Å². The Morgan fingerprint density at radius 3 is 0.840 bits per heavy atom. The summed E-state index contributed by atoms with van der Waals surface area (Å²) < 4.78 is 4.77. The summed E-state index contributed by atoms with van der Waals surface area (Å²) in [6.07, 6.45) is 49.2. The summed E-state index contributed by atoms with van der Waals surface area (Å²) in [6, 6.07) is 9.34. The van der Waals surface area contributed by atoms with Crippen LogP contribution >= 0.6 is 23.5 Å². The maximum absolute atomic E-state index is 2.38. The first-order valence-electron chi connectivity index (χ1n) is 21.9. The van der Waals surface area contributed by atoms with Gasteiger partial charge in [-0.3, -0.25) is 0 Å². The van der Waals surface area contributed by atoms with Crippen molar-refractivity contribution < 1.29 is 9.13 Å². The Labute approximate surface area is 321 Å². The molecule has 0 atom stereocenters. The van der Waals surface area contributed by atoms with E-state index in [0.29, 0.717) is 0 Å². The van der Waals surface area contributed by atoms with Gasteiger partial charge in [-0.25, -0.2) is 9.13 Å². The minimum atomic E-state index is 1.13. The van der Waals surface area contributed by atoms with Gasteiger partial charge >= 0.3 is 0 Å². The van der Waals surface area contributed by atoms with E-state index in [9.17, 15) is 0 Å². The van der Waals surface area contributed by atoms with E-state index < -0.39 is 0 Å². The molecule has 0 aliphatic carbocycles. The quantitative estimate of drug-likeness (QED) is 0.0506. The molecule has 0 aliphatic heterocycles. The van der Waals surface area contributed by atoms with Crippen LogP contribution in [0.4, 0.5) is 0 Å². The Bertz CT molecular complexity index is 882. The van der Waals surface area contributed by atoms with Crippen molar-refractivity contribution in [2.75, 3.05) is 11.5 Å². The third-order valence-electron chi connectivity index (χ3n) is 10.4. The number of hydrogen-bond donors (Lipinski definition) is 0. The van der Waals surface area contributed by atoms with Gasteiger partial charge in [-0.1, -0.05) is 168 Å². The van der Waals surface area contributed by atoms with E-state index in [2.05, 4.69) is 95.6 Å². The Kier molecular flexibility index (Phi) is 31.7. The number of aromatic nitrogens is 2. The number of nitrogens with zero attached hydrogens (tertiary/aromatic N) is 2. The first kappa shape index (κ1) is 45.2. The first-order valence-corrected chi connectivity index (χ1v) is 24.2. The number of thioether (sulfide) groups is 2. The largest absolute Gasteiger partial charge is 0.205 e. The van der Waals surface area contributed by atoms with E-state index in [0.717, 1.165) is 11.5 Å². The summed E-state index contributed by atoms with van der Waals surface area (Å²) in [7, 11) is 0. The summed E-state index contributed by atoms with van der Waals surface area (Å²) in [6.45, 7) is 6.94. The molecule has 0 saturated carbocycles. The van der Waals surface area contributed by atoms with E-state index in [1.54, 1.807) is 0 Å². The molecule has 286 valence electrons. The van der Waals surface area contributed by atoms with Crippen LogP contribution in [0.15, 0.2) is 49.1 Å². The van der Waals surface area contributed by atoms with Gasteiger partial charge in [0.25, 0.3) is 0 Å². The first-order chi connectivity index (χ1) is 24.8. The highest BCUT2D eigenvalue weighted by Gasteiger charge is 2.04. The van der Waals surface area contributed by atoms with Crippen LogP contribution in [0.3, 0.4) is 0 Å². The molecule has 0 N–H and O–H groups in total. The predicted octanol–water partition coefficient (Wildman–Crippen LogP) is 14.4. The van der Waals surface area contributed by atoms with Gasteiger partial charge in [-0.15, -0.1) is 0 Å². The van der Waals surface area contributed by atoms with Gasteiger partial charge in [0.05, 0.1) is 0 Å². The van der Waals surface area contributed by atoms with Crippen molar-refractivity contribution in [1.82, 2.24) is 0 Å². The molecule has 2 heterocycles. The molecule has 0 saturated heterocycles. The molecule has 0 unspecified atom stereocenters. The van der Waals surface area contributed by atoms with E-state index in [-0.39, 0.29) is 0 Å². The number of unbranched alkanes of at least 4 members (excludes halogenated alkanes) is 26. The predicted molar refractivity (Wildman–Crippen MR) is 226 cm³/mol. The van der Waals surface area contributed by atoms with Crippen molar-refractivity contribution in [1.29, 1.82) is 0 Å². The van der Waals surface area contributed by atoms with E-state index >= 15 is 0 Å². The highest BCUT2D eigenvalue weighted by atomic mass is 32.2. The molecule has 2 aromatic heterocycles. The lowest BCUT2D eigenvalue weighted by molar-refractivity contribution is -0.697. The summed E-state index contributed by atoms with van der Waals surface area (Å²) >= 11 is 4.15. The molecule has 0 radical (unpaired) electrons. The lowest BCUT2D eigenvalue weighted by Crippen LogP contribution is -2.32. The topological polar surface area (TPSA) is 7.76 Å². The Hall–Kier alpha value is -1.00. The van der Waals surface area contributed by atoms with Crippen LogP contribution in [0.5, 0.6) is 0 Å². The van der Waals surface area contributed by atoms with Crippen molar-refractivity contribution >= 4 is 23.5 Å². The van der Waals surface area contributed by atoms with Crippen LogP contribution in [-0.4, -0.2) is 11.5 Å². The minimum absolute atomic E-state index is 1.13. The molecular weight excluding hydrogens is 645 g/mol. The lowest BCUT2D eigenvalue weighted by Gasteiger charge is -2.04. The van der Waals surface area contributed by atoms with Gasteiger partial charge in [0.2, 0.25) is 0 Å². The summed E-state index contributed by atoms with van der Waals surface area (Å²) in [5.41, 5.74) is 2.92. The SMILES string of the molecule is CCCCCCCCCCCCCCCC[n+]1ccc(CSCCSCc2cc[n+](CCCCCCCCCCCCCCCC)cc2)cc1. The Morgan fingerprint density at radius 2 is 0.580 bits per heavy atom. The number of pyridine rings is 2. The van der Waals surface area contributed by atoms with Crippen LogP contribution < -0.4 is 9.13 Å². The lowest BCUT2D eigenvalue weighted by atomic mass is 10.0. The zero-order valence-electron chi connectivity index (χ0n) is 33.4. The van der Waals surface area contributed by atoms with Gasteiger partial charge in [-0.05, 0) is 24.0 Å². The van der Waals surface area contributed by atoms with Gasteiger partial charge in [-0.2, -0.15) is 23.5 Å². The number of rotatable bonds is 37. The standard InChI is InChI=1S/C46H82N2S2/c1-3-5-7-9-11-13-15-17-19-21-23-25-27-29-35-47-37-31-45(32-38-47)43-49-41-42-50-44-46-33-39-48(40-34-46)36-30-28-26-24-22-20-18-16-14-12-10-8-6-4-2/h31-34,37-40H,3-30,35-36,41-44H2,1-2H3/q+2. The zero-order chi connectivity index (χ0) is 35.4. The van der Waals surface area contributed by atoms with Crippen LogP contribution in [0.25, 0.3) is 0 Å². The molecule has 0 spiro atoms. The van der Waals surface area contributed by atoms with Crippen LogP contribution in [0.1, 0.15) is 205 Å². The van der Waals surface area contributed by atoms with Crippen molar-refractivity contribution in [3.05, 3.63) is 60.2 Å². The van der Waals surface area contributed by atoms with E-state index in [4.69, 9.17) is 0 Å². The molecular formula is C46H82N2S2+2. The second-order valence-corrected chi connectivity index (χ2v) is 17.4. The molecule has 0 bridgehead atoms. The molecule has 0 aliphatic rings. The van der Waals surface area contributed by atoms with Crippen molar-refractivity contribution in [2.24, 2.45) is 0 Å². The molecule has 2 rings (SSSR count). The maximum atomic E-state index is 2.38. The van der Waals surface area contributed by atoms with Crippen molar-refractivity contribution in [3.63, 3.8) is 0 Å². The van der Waals surface area contributed by atoms with Gasteiger partial charge < -0.3 is 0 Å². The maximum Gasteiger partial charge on any atom is 0.169 e.